The number of pyridine rings is 1. The lowest BCUT2D eigenvalue weighted by molar-refractivity contribution is 0.246. The maximum Gasteiger partial charge on any atom is 0.128 e. The number of alkyl halides is 1. The van der Waals surface area contributed by atoms with Crippen molar-refractivity contribution in [2.75, 3.05) is 31.1 Å². The summed E-state index contributed by atoms with van der Waals surface area (Å²) in [5, 5.41) is 0. The average molecular weight is 226 g/mol. The predicted molar refractivity (Wildman–Crippen MR) is 63.3 cm³/mol. The zero-order valence-corrected chi connectivity index (χ0v) is 9.69. The molecule has 1 saturated heterocycles. The normalized spacial score (nSPS) is 20.3. The van der Waals surface area contributed by atoms with Gasteiger partial charge in [0.05, 0.1) is 5.50 Å². The van der Waals surface area contributed by atoms with Crippen molar-refractivity contribution in [1.29, 1.82) is 0 Å². The predicted octanol–water partition coefficient (Wildman–Crippen LogP) is 1.79. The van der Waals surface area contributed by atoms with Crippen LogP contribution in [0.3, 0.4) is 0 Å². The van der Waals surface area contributed by atoms with E-state index in [0.29, 0.717) is 0 Å². The zero-order valence-electron chi connectivity index (χ0n) is 8.93. The Labute approximate surface area is 95.7 Å². The van der Waals surface area contributed by atoms with Gasteiger partial charge in [0.15, 0.2) is 0 Å². The second-order valence-corrected chi connectivity index (χ2v) is 4.42. The fourth-order valence-electron chi connectivity index (χ4n) is 1.85. The molecule has 0 saturated carbocycles. The van der Waals surface area contributed by atoms with Crippen LogP contribution in [0.15, 0.2) is 24.4 Å². The first-order chi connectivity index (χ1) is 7.27. The van der Waals surface area contributed by atoms with Crippen LogP contribution < -0.4 is 4.90 Å². The van der Waals surface area contributed by atoms with Gasteiger partial charge in [-0.2, -0.15) is 0 Å². The van der Waals surface area contributed by atoms with Crippen molar-refractivity contribution in [3.05, 3.63) is 24.4 Å². The van der Waals surface area contributed by atoms with Crippen LogP contribution in [0.1, 0.15) is 6.92 Å². The molecule has 3 nitrogen and oxygen atoms in total. The summed E-state index contributed by atoms with van der Waals surface area (Å²) in [6, 6.07) is 6.03. The van der Waals surface area contributed by atoms with Crippen molar-refractivity contribution in [3.8, 4) is 0 Å². The molecule has 1 aromatic rings. The molecule has 82 valence electrons. The molecule has 0 amide bonds. The number of hydrogen-bond donors (Lipinski definition) is 0. The second kappa shape index (κ2) is 4.81. The van der Waals surface area contributed by atoms with Gasteiger partial charge in [0.25, 0.3) is 0 Å². The van der Waals surface area contributed by atoms with Crippen LogP contribution in [0.4, 0.5) is 5.82 Å². The Bertz CT molecular complexity index is 294. The van der Waals surface area contributed by atoms with E-state index >= 15 is 0 Å². The van der Waals surface area contributed by atoms with E-state index in [9.17, 15) is 0 Å². The highest BCUT2D eigenvalue weighted by atomic mass is 35.5. The van der Waals surface area contributed by atoms with Crippen molar-refractivity contribution in [2.24, 2.45) is 0 Å². The Balaban J connectivity index is 1.94. The molecule has 0 bridgehead atoms. The van der Waals surface area contributed by atoms with Gasteiger partial charge in [-0.25, -0.2) is 4.98 Å². The largest absolute Gasteiger partial charge is 0.354 e. The van der Waals surface area contributed by atoms with Crippen LogP contribution in [-0.2, 0) is 0 Å². The van der Waals surface area contributed by atoms with Gasteiger partial charge in [-0.1, -0.05) is 6.07 Å². The summed E-state index contributed by atoms with van der Waals surface area (Å²) in [7, 11) is 0. The SMILES string of the molecule is CC(Cl)N1CCN(c2ccccn2)CC1. The minimum Gasteiger partial charge on any atom is -0.354 e. The molecule has 2 rings (SSSR count). The van der Waals surface area contributed by atoms with E-state index in [1.807, 2.05) is 25.3 Å². The molecular formula is C11H16ClN3. The van der Waals surface area contributed by atoms with Gasteiger partial charge in [0, 0.05) is 32.4 Å². The summed E-state index contributed by atoms with van der Waals surface area (Å²) >= 11 is 6.04. The Kier molecular flexibility index (Phi) is 3.44. The minimum absolute atomic E-state index is 0.135. The van der Waals surface area contributed by atoms with E-state index in [1.165, 1.54) is 0 Å². The van der Waals surface area contributed by atoms with Crippen molar-refractivity contribution in [3.63, 3.8) is 0 Å². The molecule has 1 aliphatic rings. The van der Waals surface area contributed by atoms with Gasteiger partial charge in [-0.15, -0.1) is 11.6 Å². The summed E-state index contributed by atoms with van der Waals surface area (Å²) < 4.78 is 0. The first kappa shape index (κ1) is 10.7. The quantitative estimate of drug-likeness (QED) is 0.565. The van der Waals surface area contributed by atoms with E-state index in [1.54, 1.807) is 0 Å². The van der Waals surface area contributed by atoms with Crippen LogP contribution in [0, 0.1) is 0 Å². The maximum atomic E-state index is 6.04. The maximum absolute atomic E-state index is 6.04. The van der Waals surface area contributed by atoms with Crippen LogP contribution in [0.25, 0.3) is 0 Å². The number of anilines is 1. The molecule has 4 heteroatoms. The zero-order chi connectivity index (χ0) is 10.7. The lowest BCUT2D eigenvalue weighted by Crippen LogP contribution is -2.48. The van der Waals surface area contributed by atoms with E-state index < -0.39 is 0 Å². The Morgan fingerprint density at radius 2 is 2.00 bits per heavy atom. The molecule has 1 atom stereocenters. The van der Waals surface area contributed by atoms with E-state index in [2.05, 4.69) is 20.9 Å². The monoisotopic (exact) mass is 225 g/mol. The first-order valence-corrected chi connectivity index (χ1v) is 5.75. The number of hydrogen-bond acceptors (Lipinski definition) is 3. The van der Waals surface area contributed by atoms with E-state index in [0.717, 1.165) is 32.0 Å². The van der Waals surface area contributed by atoms with Crippen molar-refractivity contribution < 1.29 is 0 Å². The van der Waals surface area contributed by atoms with Crippen molar-refractivity contribution in [2.45, 2.75) is 12.4 Å². The molecule has 0 N–H and O–H groups in total. The smallest absolute Gasteiger partial charge is 0.128 e. The van der Waals surface area contributed by atoms with Crippen LogP contribution in [0.5, 0.6) is 0 Å². The first-order valence-electron chi connectivity index (χ1n) is 5.31. The van der Waals surface area contributed by atoms with Crippen LogP contribution >= 0.6 is 11.6 Å². The topological polar surface area (TPSA) is 19.4 Å². The highest BCUT2D eigenvalue weighted by Gasteiger charge is 2.19. The summed E-state index contributed by atoms with van der Waals surface area (Å²) in [6.07, 6.45) is 1.84. The number of nitrogens with zero attached hydrogens (tertiary/aromatic N) is 3. The van der Waals surface area contributed by atoms with Gasteiger partial charge < -0.3 is 4.90 Å². The molecule has 0 aliphatic carbocycles. The Morgan fingerprint density at radius 1 is 1.27 bits per heavy atom. The highest BCUT2D eigenvalue weighted by molar-refractivity contribution is 6.20. The molecule has 0 radical (unpaired) electrons. The Hall–Kier alpha value is -0.800. The standard InChI is InChI=1S/C11H16ClN3/c1-10(12)14-6-8-15(9-7-14)11-4-2-3-5-13-11/h2-5,10H,6-9H2,1H3. The number of piperazine rings is 1. The summed E-state index contributed by atoms with van der Waals surface area (Å²) in [4.78, 5) is 8.93. The second-order valence-electron chi connectivity index (χ2n) is 3.78. The molecule has 0 spiro atoms. The lowest BCUT2D eigenvalue weighted by atomic mass is 10.3. The van der Waals surface area contributed by atoms with Gasteiger partial charge in [0.2, 0.25) is 0 Å². The van der Waals surface area contributed by atoms with Gasteiger partial charge in [0.1, 0.15) is 5.82 Å². The van der Waals surface area contributed by atoms with Gasteiger partial charge >= 0.3 is 0 Å². The third kappa shape index (κ3) is 2.61. The van der Waals surface area contributed by atoms with Gasteiger partial charge in [-0.05, 0) is 19.1 Å². The molecule has 1 fully saturated rings. The molecule has 1 unspecified atom stereocenters. The highest BCUT2D eigenvalue weighted by Crippen LogP contribution is 2.14. The average Bonchev–Trinajstić information content (AvgIpc) is 2.30. The van der Waals surface area contributed by atoms with E-state index in [4.69, 9.17) is 11.6 Å². The third-order valence-corrected chi connectivity index (χ3v) is 3.07. The van der Waals surface area contributed by atoms with Crippen molar-refractivity contribution in [1.82, 2.24) is 9.88 Å². The minimum atomic E-state index is 0.135. The van der Waals surface area contributed by atoms with Crippen LogP contribution in [-0.4, -0.2) is 41.6 Å². The number of aromatic nitrogens is 1. The fourth-order valence-corrected chi connectivity index (χ4v) is 2.04. The molecular weight excluding hydrogens is 210 g/mol. The molecule has 1 aliphatic heterocycles. The lowest BCUT2D eigenvalue weighted by Gasteiger charge is -2.36. The number of rotatable bonds is 2. The third-order valence-electron chi connectivity index (χ3n) is 2.79. The van der Waals surface area contributed by atoms with Crippen LogP contribution in [0.2, 0.25) is 0 Å². The molecule has 2 heterocycles. The number of halogens is 1. The molecule has 0 aromatic carbocycles. The molecule has 15 heavy (non-hydrogen) atoms. The Morgan fingerprint density at radius 3 is 2.53 bits per heavy atom. The van der Waals surface area contributed by atoms with Crippen molar-refractivity contribution >= 4 is 17.4 Å². The summed E-state index contributed by atoms with van der Waals surface area (Å²) in [6.45, 7) is 6.07. The fraction of sp³-hybridized carbons (Fsp3) is 0.545. The van der Waals surface area contributed by atoms with Gasteiger partial charge in [-0.3, -0.25) is 4.90 Å². The summed E-state index contributed by atoms with van der Waals surface area (Å²) in [5.74, 6) is 1.07. The summed E-state index contributed by atoms with van der Waals surface area (Å²) in [5.41, 5.74) is 0.135. The van der Waals surface area contributed by atoms with E-state index in [-0.39, 0.29) is 5.50 Å². The molecule has 1 aromatic heterocycles.